The van der Waals surface area contributed by atoms with E-state index in [4.69, 9.17) is 9.47 Å². The fourth-order valence-electron chi connectivity index (χ4n) is 2.64. The van der Waals surface area contributed by atoms with Gasteiger partial charge in [-0.1, -0.05) is 24.3 Å². The van der Waals surface area contributed by atoms with E-state index in [0.717, 1.165) is 4.90 Å². The minimum absolute atomic E-state index is 0.188. The number of hydrogen-bond acceptors (Lipinski definition) is 6. The van der Waals surface area contributed by atoms with Gasteiger partial charge in [0.1, 0.15) is 17.1 Å². The molecule has 4 amide bonds. The standard InChI is InChI=1S/C20H16N2O6/c1-12(23)28-17-9-4-3-6-13(17)10-16-18(24)21-20(26)22(19(16)25)14-7-5-8-15(11-14)27-2/h3-11H,1-2H3,(H,21,24,26)/b16-10-. The molecule has 0 radical (unpaired) electrons. The molecule has 1 aliphatic rings. The molecule has 0 spiro atoms. The number of anilines is 1. The molecule has 1 saturated heterocycles. The largest absolute Gasteiger partial charge is 0.497 e. The van der Waals surface area contributed by atoms with Crippen LogP contribution in [0, 0.1) is 0 Å². The molecular weight excluding hydrogens is 364 g/mol. The maximum Gasteiger partial charge on any atom is 0.335 e. The Labute approximate surface area is 160 Å². The molecule has 0 unspecified atom stereocenters. The first kappa shape index (κ1) is 18.8. The number of rotatable bonds is 4. The summed E-state index contributed by atoms with van der Waals surface area (Å²) in [6, 6.07) is 11.9. The van der Waals surface area contributed by atoms with E-state index in [1.807, 2.05) is 0 Å². The number of para-hydroxylation sites is 1. The Hall–Kier alpha value is -3.94. The van der Waals surface area contributed by atoms with Gasteiger partial charge in [-0.15, -0.1) is 0 Å². The van der Waals surface area contributed by atoms with Crippen LogP contribution in [0.25, 0.3) is 6.08 Å². The van der Waals surface area contributed by atoms with Gasteiger partial charge in [0.2, 0.25) is 0 Å². The van der Waals surface area contributed by atoms with Crippen LogP contribution in [0.5, 0.6) is 11.5 Å². The van der Waals surface area contributed by atoms with Crippen molar-refractivity contribution in [3.63, 3.8) is 0 Å². The molecule has 2 aromatic rings. The predicted octanol–water partition coefficient (Wildman–Crippen LogP) is 2.29. The molecule has 0 aromatic heterocycles. The lowest BCUT2D eigenvalue weighted by Crippen LogP contribution is -2.54. The third kappa shape index (κ3) is 3.75. The van der Waals surface area contributed by atoms with Crippen LogP contribution in [0.3, 0.4) is 0 Å². The van der Waals surface area contributed by atoms with E-state index in [-0.39, 0.29) is 17.0 Å². The van der Waals surface area contributed by atoms with Crippen molar-refractivity contribution in [2.75, 3.05) is 12.0 Å². The lowest BCUT2D eigenvalue weighted by Gasteiger charge is -2.26. The number of nitrogens with zero attached hydrogens (tertiary/aromatic N) is 1. The minimum atomic E-state index is -0.867. The number of hydrogen-bond donors (Lipinski definition) is 1. The monoisotopic (exact) mass is 380 g/mol. The van der Waals surface area contributed by atoms with Gasteiger partial charge in [-0.25, -0.2) is 9.69 Å². The van der Waals surface area contributed by atoms with Crippen LogP contribution in [0.2, 0.25) is 0 Å². The molecule has 0 saturated carbocycles. The minimum Gasteiger partial charge on any atom is -0.497 e. The van der Waals surface area contributed by atoms with Crippen LogP contribution >= 0.6 is 0 Å². The molecule has 1 heterocycles. The number of benzene rings is 2. The number of urea groups is 1. The van der Waals surface area contributed by atoms with E-state index in [0.29, 0.717) is 11.3 Å². The van der Waals surface area contributed by atoms with Crippen molar-refractivity contribution in [2.45, 2.75) is 6.92 Å². The van der Waals surface area contributed by atoms with Gasteiger partial charge in [0.25, 0.3) is 11.8 Å². The molecule has 3 rings (SSSR count). The quantitative estimate of drug-likeness (QED) is 0.378. The number of carbonyl (C=O) groups is 4. The molecular formula is C20H16N2O6. The zero-order valence-corrected chi connectivity index (χ0v) is 15.1. The van der Waals surface area contributed by atoms with Crippen molar-refractivity contribution in [3.8, 4) is 11.5 Å². The second kappa shape index (κ2) is 7.75. The predicted molar refractivity (Wildman–Crippen MR) is 99.7 cm³/mol. The molecule has 1 N–H and O–H groups in total. The Morgan fingerprint density at radius 1 is 1.07 bits per heavy atom. The summed E-state index contributed by atoms with van der Waals surface area (Å²) in [5.74, 6) is -1.56. The summed E-state index contributed by atoms with van der Waals surface area (Å²) in [6.07, 6.45) is 1.27. The van der Waals surface area contributed by atoms with Crippen LogP contribution in [0.1, 0.15) is 12.5 Å². The molecule has 2 aromatic carbocycles. The first-order valence-corrected chi connectivity index (χ1v) is 8.23. The number of carbonyl (C=O) groups excluding carboxylic acids is 4. The van der Waals surface area contributed by atoms with E-state index in [1.54, 1.807) is 36.4 Å². The maximum absolute atomic E-state index is 12.9. The summed E-state index contributed by atoms with van der Waals surface area (Å²) < 4.78 is 10.2. The smallest absolute Gasteiger partial charge is 0.335 e. The molecule has 8 nitrogen and oxygen atoms in total. The lowest BCUT2D eigenvalue weighted by molar-refractivity contribution is -0.132. The highest BCUT2D eigenvalue weighted by molar-refractivity contribution is 6.39. The number of barbiturate groups is 1. The Morgan fingerprint density at radius 2 is 1.82 bits per heavy atom. The number of imide groups is 2. The van der Waals surface area contributed by atoms with Gasteiger partial charge in [0.05, 0.1) is 12.8 Å². The van der Waals surface area contributed by atoms with Gasteiger partial charge < -0.3 is 9.47 Å². The molecule has 1 fully saturated rings. The Morgan fingerprint density at radius 3 is 2.54 bits per heavy atom. The third-order valence-electron chi connectivity index (χ3n) is 3.89. The highest BCUT2D eigenvalue weighted by Gasteiger charge is 2.37. The molecule has 0 bridgehead atoms. The van der Waals surface area contributed by atoms with Crippen LogP contribution in [0.15, 0.2) is 54.1 Å². The van der Waals surface area contributed by atoms with Crippen LogP contribution in [-0.4, -0.2) is 30.9 Å². The number of ether oxygens (including phenoxy) is 2. The molecule has 142 valence electrons. The van der Waals surface area contributed by atoms with E-state index in [9.17, 15) is 19.2 Å². The summed E-state index contributed by atoms with van der Waals surface area (Å²) in [6.45, 7) is 1.24. The molecule has 0 aliphatic carbocycles. The van der Waals surface area contributed by atoms with Crippen molar-refractivity contribution in [2.24, 2.45) is 0 Å². The van der Waals surface area contributed by atoms with Crippen molar-refractivity contribution >= 4 is 35.6 Å². The van der Waals surface area contributed by atoms with E-state index in [2.05, 4.69) is 5.32 Å². The van der Waals surface area contributed by atoms with Gasteiger partial charge >= 0.3 is 12.0 Å². The van der Waals surface area contributed by atoms with Crippen molar-refractivity contribution in [1.82, 2.24) is 5.32 Å². The number of esters is 1. The average molecular weight is 380 g/mol. The van der Waals surface area contributed by atoms with Gasteiger partial charge in [-0.2, -0.15) is 0 Å². The van der Waals surface area contributed by atoms with Gasteiger partial charge in [0.15, 0.2) is 0 Å². The van der Waals surface area contributed by atoms with E-state index in [1.165, 1.54) is 32.2 Å². The summed E-state index contributed by atoms with van der Waals surface area (Å²) in [7, 11) is 1.46. The molecule has 28 heavy (non-hydrogen) atoms. The van der Waals surface area contributed by atoms with Gasteiger partial charge in [-0.3, -0.25) is 19.7 Å². The fraction of sp³-hybridized carbons (Fsp3) is 0.100. The summed E-state index contributed by atoms with van der Waals surface area (Å²) in [5.41, 5.74) is 0.312. The highest BCUT2D eigenvalue weighted by Crippen LogP contribution is 2.27. The topological polar surface area (TPSA) is 102 Å². The SMILES string of the molecule is COc1cccc(N2C(=O)NC(=O)/C(=C/c3ccccc3OC(C)=O)C2=O)c1. The van der Waals surface area contributed by atoms with E-state index >= 15 is 0 Å². The molecule has 8 heteroatoms. The molecule has 1 aliphatic heterocycles. The van der Waals surface area contributed by atoms with Crippen LogP contribution in [-0.2, 0) is 14.4 Å². The Kier molecular flexibility index (Phi) is 5.21. The highest BCUT2D eigenvalue weighted by atomic mass is 16.5. The second-order valence-electron chi connectivity index (χ2n) is 5.79. The van der Waals surface area contributed by atoms with Crippen molar-refractivity contribution in [3.05, 3.63) is 59.7 Å². The number of amides is 4. The zero-order valence-electron chi connectivity index (χ0n) is 15.1. The van der Waals surface area contributed by atoms with Crippen molar-refractivity contribution < 1.29 is 28.7 Å². The lowest BCUT2D eigenvalue weighted by atomic mass is 10.1. The summed E-state index contributed by atoms with van der Waals surface area (Å²) in [5, 5.41) is 2.14. The first-order chi connectivity index (χ1) is 13.4. The van der Waals surface area contributed by atoms with Crippen LogP contribution in [0.4, 0.5) is 10.5 Å². The fourth-order valence-corrected chi connectivity index (χ4v) is 2.64. The molecule has 0 atom stereocenters. The second-order valence-corrected chi connectivity index (χ2v) is 5.79. The summed E-state index contributed by atoms with van der Waals surface area (Å²) in [4.78, 5) is 49.6. The first-order valence-electron chi connectivity index (χ1n) is 8.23. The van der Waals surface area contributed by atoms with Gasteiger partial charge in [-0.05, 0) is 24.3 Å². The Bertz CT molecular complexity index is 1010. The Balaban J connectivity index is 2.03. The van der Waals surface area contributed by atoms with Gasteiger partial charge in [0, 0.05) is 18.6 Å². The number of nitrogens with one attached hydrogen (secondary N) is 1. The number of methoxy groups -OCH3 is 1. The average Bonchev–Trinajstić information content (AvgIpc) is 2.66. The van der Waals surface area contributed by atoms with Crippen molar-refractivity contribution in [1.29, 1.82) is 0 Å². The van der Waals surface area contributed by atoms with E-state index < -0.39 is 23.8 Å². The third-order valence-corrected chi connectivity index (χ3v) is 3.89. The maximum atomic E-state index is 12.9. The normalized spacial score (nSPS) is 15.4. The van der Waals surface area contributed by atoms with Crippen LogP contribution < -0.4 is 19.7 Å². The summed E-state index contributed by atoms with van der Waals surface area (Å²) >= 11 is 0. The zero-order chi connectivity index (χ0) is 20.3.